The zero-order chi connectivity index (χ0) is 20.1. The quantitative estimate of drug-likeness (QED) is 0.608. The van der Waals surface area contributed by atoms with Gasteiger partial charge in [-0.3, -0.25) is 9.59 Å². The highest BCUT2D eigenvalue weighted by atomic mass is 19.1. The Hall–Kier alpha value is -2.93. The number of halogens is 1. The van der Waals surface area contributed by atoms with Crippen LogP contribution in [-0.2, 0) is 11.2 Å². The monoisotopic (exact) mass is 386 g/mol. The van der Waals surface area contributed by atoms with E-state index in [-0.39, 0.29) is 29.5 Å². The van der Waals surface area contributed by atoms with Crippen molar-refractivity contribution in [1.29, 1.82) is 0 Å². The lowest BCUT2D eigenvalue weighted by Crippen LogP contribution is -2.40. The summed E-state index contributed by atoms with van der Waals surface area (Å²) in [5.41, 5.74) is 1.08. The van der Waals surface area contributed by atoms with Gasteiger partial charge in [0, 0.05) is 18.0 Å². The highest BCUT2D eigenvalue weighted by molar-refractivity contribution is 5.94. The second kappa shape index (κ2) is 8.84. The van der Waals surface area contributed by atoms with Gasteiger partial charge in [-0.25, -0.2) is 4.39 Å². The molecule has 148 valence electrons. The second-order valence-electron chi connectivity index (χ2n) is 7.04. The van der Waals surface area contributed by atoms with Gasteiger partial charge in [-0.15, -0.1) is 0 Å². The van der Waals surface area contributed by atoms with Crippen molar-refractivity contribution in [3.63, 3.8) is 0 Å². The summed E-state index contributed by atoms with van der Waals surface area (Å²) in [4.78, 5) is 24.6. The Morgan fingerprint density at radius 3 is 2.64 bits per heavy atom. The average molecular weight is 386 g/mol. The highest BCUT2D eigenvalue weighted by Crippen LogP contribution is 2.27. The number of aliphatic hydroxyl groups excluding tert-OH is 1. The third-order valence-electron chi connectivity index (χ3n) is 4.93. The van der Waals surface area contributed by atoms with E-state index in [4.69, 9.17) is 0 Å². The first-order valence-electron chi connectivity index (χ1n) is 9.22. The predicted molar refractivity (Wildman–Crippen MR) is 101 cm³/mol. The predicted octanol–water partition coefficient (Wildman–Crippen LogP) is 1.76. The van der Waals surface area contributed by atoms with Gasteiger partial charge in [-0.05, 0) is 55.2 Å². The van der Waals surface area contributed by atoms with Crippen molar-refractivity contribution in [3.8, 4) is 5.75 Å². The van der Waals surface area contributed by atoms with E-state index < -0.39 is 24.0 Å². The number of hydrogen-bond donors (Lipinski definition) is 4. The van der Waals surface area contributed by atoms with Gasteiger partial charge in [0.2, 0.25) is 5.91 Å². The number of amides is 2. The molecule has 3 atom stereocenters. The molecule has 2 amide bonds. The smallest absolute Gasteiger partial charge is 0.251 e. The summed E-state index contributed by atoms with van der Waals surface area (Å²) in [6, 6.07) is 11.6. The number of benzene rings is 2. The van der Waals surface area contributed by atoms with Crippen molar-refractivity contribution in [2.24, 2.45) is 5.92 Å². The molecule has 1 aliphatic carbocycles. The first-order valence-corrected chi connectivity index (χ1v) is 9.22. The van der Waals surface area contributed by atoms with Gasteiger partial charge >= 0.3 is 0 Å². The van der Waals surface area contributed by atoms with E-state index in [0.29, 0.717) is 19.4 Å². The maximum absolute atomic E-state index is 13.2. The normalized spacial score (nSPS) is 21.3. The number of carbonyl (C=O) groups excluding carboxylic acids is 2. The van der Waals surface area contributed by atoms with E-state index in [0.717, 1.165) is 5.56 Å². The SMILES string of the molecule is O=C(N[C@@H]1C[C@H](C(=O)NCCc2cccc(F)c2)C[C@H]1O)c1cccc(O)c1. The molecule has 6 nitrogen and oxygen atoms in total. The van der Waals surface area contributed by atoms with Crippen LogP contribution in [-0.4, -0.2) is 40.7 Å². The summed E-state index contributed by atoms with van der Waals surface area (Å²) in [5.74, 6) is -1.34. The van der Waals surface area contributed by atoms with Gasteiger partial charge in [0.25, 0.3) is 5.91 Å². The molecule has 1 aliphatic rings. The van der Waals surface area contributed by atoms with E-state index in [1.807, 2.05) is 0 Å². The van der Waals surface area contributed by atoms with Gasteiger partial charge < -0.3 is 20.8 Å². The van der Waals surface area contributed by atoms with Crippen molar-refractivity contribution in [2.75, 3.05) is 6.54 Å². The first kappa shape index (κ1) is 19.8. The number of phenols is 1. The molecule has 3 rings (SSSR count). The van der Waals surface area contributed by atoms with Gasteiger partial charge in [0.05, 0.1) is 12.1 Å². The van der Waals surface area contributed by atoms with Crippen molar-refractivity contribution >= 4 is 11.8 Å². The van der Waals surface area contributed by atoms with Crippen molar-refractivity contribution in [2.45, 2.75) is 31.4 Å². The molecule has 4 N–H and O–H groups in total. The number of aliphatic hydroxyl groups is 1. The second-order valence-corrected chi connectivity index (χ2v) is 7.04. The minimum Gasteiger partial charge on any atom is -0.508 e. The fourth-order valence-electron chi connectivity index (χ4n) is 3.45. The summed E-state index contributed by atoms with van der Waals surface area (Å²) >= 11 is 0. The highest BCUT2D eigenvalue weighted by Gasteiger charge is 2.37. The van der Waals surface area contributed by atoms with Crippen LogP contribution in [0.25, 0.3) is 0 Å². The molecule has 7 heteroatoms. The van der Waals surface area contributed by atoms with E-state index in [1.165, 1.54) is 24.3 Å². The summed E-state index contributed by atoms with van der Waals surface area (Å²) < 4.78 is 13.2. The lowest BCUT2D eigenvalue weighted by Gasteiger charge is -2.16. The molecule has 0 saturated heterocycles. The van der Waals surface area contributed by atoms with Crippen molar-refractivity contribution in [3.05, 3.63) is 65.5 Å². The molecule has 0 unspecified atom stereocenters. The molecular weight excluding hydrogens is 363 g/mol. The molecule has 28 heavy (non-hydrogen) atoms. The summed E-state index contributed by atoms with van der Waals surface area (Å²) in [7, 11) is 0. The fourth-order valence-corrected chi connectivity index (χ4v) is 3.45. The van der Waals surface area contributed by atoms with Crippen LogP contribution in [0.4, 0.5) is 4.39 Å². The number of aromatic hydroxyl groups is 1. The first-order chi connectivity index (χ1) is 13.4. The lowest BCUT2D eigenvalue weighted by molar-refractivity contribution is -0.125. The molecule has 0 heterocycles. The van der Waals surface area contributed by atoms with Crippen LogP contribution in [0.3, 0.4) is 0 Å². The summed E-state index contributed by atoms with van der Waals surface area (Å²) in [6.07, 6.45) is 0.283. The number of rotatable bonds is 6. The third-order valence-corrected chi connectivity index (χ3v) is 4.93. The molecular formula is C21H23FN2O4. The van der Waals surface area contributed by atoms with Gasteiger partial charge in [-0.2, -0.15) is 0 Å². The van der Waals surface area contributed by atoms with E-state index >= 15 is 0 Å². The Balaban J connectivity index is 1.48. The van der Waals surface area contributed by atoms with Crippen LogP contribution in [0.5, 0.6) is 5.75 Å². The number of nitrogens with one attached hydrogen (secondary N) is 2. The number of carbonyl (C=O) groups is 2. The minimum atomic E-state index is -0.819. The lowest BCUT2D eigenvalue weighted by atomic mass is 10.1. The van der Waals surface area contributed by atoms with Crippen LogP contribution in [0.15, 0.2) is 48.5 Å². The molecule has 0 spiro atoms. The van der Waals surface area contributed by atoms with Crippen molar-refractivity contribution in [1.82, 2.24) is 10.6 Å². The standard InChI is InChI=1S/C21H23FN2O4/c22-16-5-1-3-13(9-16)7-8-23-20(27)15-11-18(19(26)12-15)24-21(28)14-4-2-6-17(25)10-14/h1-6,9-10,15,18-19,25-26H,7-8,11-12H2,(H,23,27)(H,24,28)/t15-,18+,19+/m0/s1. The van der Waals surface area contributed by atoms with Crippen LogP contribution in [0.2, 0.25) is 0 Å². The van der Waals surface area contributed by atoms with E-state index in [2.05, 4.69) is 10.6 Å². The zero-order valence-corrected chi connectivity index (χ0v) is 15.3. The zero-order valence-electron chi connectivity index (χ0n) is 15.3. The number of hydrogen-bond acceptors (Lipinski definition) is 4. The Bertz CT molecular complexity index is 858. The summed E-state index contributed by atoms with van der Waals surface area (Å²) in [5, 5.41) is 25.2. The molecule has 0 bridgehead atoms. The van der Waals surface area contributed by atoms with Crippen LogP contribution in [0.1, 0.15) is 28.8 Å². The Morgan fingerprint density at radius 2 is 1.89 bits per heavy atom. The molecule has 1 fully saturated rings. The van der Waals surface area contributed by atoms with E-state index in [9.17, 15) is 24.2 Å². The molecule has 0 aromatic heterocycles. The minimum absolute atomic E-state index is 0.0184. The maximum atomic E-state index is 13.2. The van der Waals surface area contributed by atoms with Gasteiger partial charge in [0.1, 0.15) is 11.6 Å². The Morgan fingerprint density at radius 1 is 1.11 bits per heavy atom. The van der Waals surface area contributed by atoms with Crippen LogP contribution >= 0.6 is 0 Å². The van der Waals surface area contributed by atoms with Crippen molar-refractivity contribution < 1.29 is 24.2 Å². The molecule has 2 aromatic rings. The van der Waals surface area contributed by atoms with Gasteiger partial charge in [0.15, 0.2) is 0 Å². The topological polar surface area (TPSA) is 98.7 Å². The largest absolute Gasteiger partial charge is 0.508 e. The third kappa shape index (κ3) is 5.07. The Labute approximate surface area is 162 Å². The van der Waals surface area contributed by atoms with E-state index in [1.54, 1.807) is 24.3 Å². The van der Waals surface area contributed by atoms with Gasteiger partial charge in [-0.1, -0.05) is 18.2 Å². The van der Waals surface area contributed by atoms with Crippen LogP contribution < -0.4 is 10.6 Å². The molecule has 2 aromatic carbocycles. The van der Waals surface area contributed by atoms with Crippen LogP contribution in [0, 0.1) is 11.7 Å². The molecule has 0 radical (unpaired) electrons. The Kier molecular flexibility index (Phi) is 6.26. The molecule has 1 saturated carbocycles. The average Bonchev–Trinajstić information content (AvgIpc) is 3.02. The summed E-state index contributed by atoms with van der Waals surface area (Å²) in [6.45, 7) is 0.370. The fraction of sp³-hybridized carbons (Fsp3) is 0.333. The number of phenolic OH excluding ortho intramolecular Hbond substituents is 1. The molecule has 0 aliphatic heterocycles. The maximum Gasteiger partial charge on any atom is 0.251 e.